The van der Waals surface area contributed by atoms with Crippen LogP contribution in [0, 0.1) is 5.92 Å². The standard InChI is InChI=1S/C14H26N2O2/c1-3-8-16(9-11-4-5-11)10-14(2,13(17)18)15-12-6-7-12/h11-12,15H,3-10H2,1-2H3,(H,17,18). The van der Waals surface area contributed by atoms with E-state index in [1.165, 1.54) is 12.8 Å². The molecule has 0 aliphatic heterocycles. The molecule has 0 amide bonds. The maximum atomic E-state index is 11.5. The third-order valence-corrected chi connectivity index (χ3v) is 3.87. The molecule has 0 aromatic rings. The molecule has 0 radical (unpaired) electrons. The molecule has 2 N–H and O–H groups in total. The van der Waals surface area contributed by atoms with E-state index in [1.807, 2.05) is 6.92 Å². The summed E-state index contributed by atoms with van der Waals surface area (Å²) in [4.78, 5) is 13.9. The van der Waals surface area contributed by atoms with Gasteiger partial charge in [0.15, 0.2) is 0 Å². The lowest BCUT2D eigenvalue weighted by atomic mass is 10.0. The number of hydrogen-bond acceptors (Lipinski definition) is 3. The highest BCUT2D eigenvalue weighted by Crippen LogP contribution is 2.30. The molecule has 1 atom stereocenters. The van der Waals surface area contributed by atoms with Crippen LogP contribution in [0.1, 0.15) is 46.0 Å². The van der Waals surface area contributed by atoms with E-state index in [2.05, 4.69) is 17.1 Å². The molecule has 4 heteroatoms. The van der Waals surface area contributed by atoms with Crippen molar-refractivity contribution in [3.63, 3.8) is 0 Å². The molecule has 2 rings (SSSR count). The van der Waals surface area contributed by atoms with Gasteiger partial charge in [-0.3, -0.25) is 10.1 Å². The molecule has 2 saturated carbocycles. The Morgan fingerprint density at radius 3 is 2.50 bits per heavy atom. The van der Waals surface area contributed by atoms with Crippen LogP contribution in [0.3, 0.4) is 0 Å². The number of rotatable bonds is 9. The van der Waals surface area contributed by atoms with E-state index < -0.39 is 11.5 Å². The molecule has 2 fully saturated rings. The first-order chi connectivity index (χ1) is 8.53. The lowest BCUT2D eigenvalue weighted by Crippen LogP contribution is -2.58. The van der Waals surface area contributed by atoms with Gasteiger partial charge in [-0.25, -0.2) is 0 Å². The zero-order valence-corrected chi connectivity index (χ0v) is 11.6. The van der Waals surface area contributed by atoms with Crippen molar-refractivity contribution in [3.05, 3.63) is 0 Å². The largest absolute Gasteiger partial charge is 0.480 e. The molecule has 18 heavy (non-hydrogen) atoms. The summed E-state index contributed by atoms with van der Waals surface area (Å²) >= 11 is 0. The fourth-order valence-electron chi connectivity index (χ4n) is 2.52. The van der Waals surface area contributed by atoms with Gasteiger partial charge in [0.05, 0.1) is 0 Å². The molecular formula is C14H26N2O2. The van der Waals surface area contributed by atoms with Gasteiger partial charge < -0.3 is 10.0 Å². The maximum Gasteiger partial charge on any atom is 0.324 e. The second kappa shape index (κ2) is 5.57. The lowest BCUT2D eigenvalue weighted by molar-refractivity contribution is -0.145. The average Bonchev–Trinajstić information content (AvgIpc) is 3.14. The molecule has 0 heterocycles. The fourth-order valence-corrected chi connectivity index (χ4v) is 2.52. The summed E-state index contributed by atoms with van der Waals surface area (Å²) in [5.74, 6) is 0.0989. The van der Waals surface area contributed by atoms with E-state index in [9.17, 15) is 9.90 Å². The van der Waals surface area contributed by atoms with Crippen LogP contribution in [0.15, 0.2) is 0 Å². The SMILES string of the molecule is CCCN(CC1CC1)CC(C)(NC1CC1)C(=O)O. The summed E-state index contributed by atoms with van der Waals surface area (Å²) in [6.45, 7) is 6.70. The van der Waals surface area contributed by atoms with Gasteiger partial charge in [0, 0.05) is 19.1 Å². The second-order valence-electron chi connectivity index (χ2n) is 6.23. The van der Waals surface area contributed by atoms with Gasteiger partial charge in [-0.15, -0.1) is 0 Å². The van der Waals surface area contributed by atoms with Crippen molar-refractivity contribution < 1.29 is 9.90 Å². The van der Waals surface area contributed by atoms with E-state index >= 15 is 0 Å². The molecule has 0 spiro atoms. The highest BCUT2D eigenvalue weighted by molar-refractivity contribution is 5.78. The predicted molar refractivity (Wildman–Crippen MR) is 71.7 cm³/mol. The van der Waals surface area contributed by atoms with Gasteiger partial charge in [0.1, 0.15) is 5.54 Å². The smallest absolute Gasteiger partial charge is 0.324 e. The quantitative estimate of drug-likeness (QED) is 0.657. The average molecular weight is 254 g/mol. The van der Waals surface area contributed by atoms with E-state index in [4.69, 9.17) is 0 Å². The van der Waals surface area contributed by atoms with E-state index in [0.717, 1.165) is 38.3 Å². The third-order valence-electron chi connectivity index (χ3n) is 3.87. The summed E-state index contributed by atoms with van der Waals surface area (Å²) in [6, 6.07) is 0.426. The first-order valence-electron chi connectivity index (χ1n) is 7.27. The number of nitrogens with zero attached hydrogens (tertiary/aromatic N) is 1. The van der Waals surface area contributed by atoms with Crippen molar-refractivity contribution >= 4 is 5.97 Å². The number of carboxylic acid groups (broad SMARTS) is 1. The van der Waals surface area contributed by atoms with Crippen LogP contribution >= 0.6 is 0 Å². The zero-order valence-electron chi connectivity index (χ0n) is 11.6. The van der Waals surface area contributed by atoms with E-state index in [1.54, 1.807) is 0 Å². The minimum atomic E-state index is -0.786. The minimum Gasteiger partial charge on any atom is -0.480 e. The molecule has 1 unspecified atom stereocenters. The first-order valence-corrected chi connectivity index (χ1v) is 7.27. The summed E-state index contributed by atoms with van der Waals surface area (Å²) in [5.41, 5.74) is -0.786. The Labute approximate surface area is 110 Å². The van der Waals surface area contributed by atoms with Crippen LogP contribution < -0.4 is 5.32 Å². The topological polar surface area (TPSA) is 52.6 Å². The molecule has 4 nitrogen and oxygen atoms in total. The normalized spacial score (nSPS) is 23.1. The second-order valence-corrected chi connectivity index (χ2v) is 6.23. The highest BCUT2D eigenvalue weighted by atomic mass is 16.4. The van der Waals surface area contributed by atoms with Gasteiger partial charge in [0.25, 0.3) is 0 Å². The Kier molecular flexibility index (Phi) is 4.28. The lowest BCUT2D eigenvalue weighted by Gasteiger charge is -2.33. The molecule has 0 aromatic heterocycles. The summed E-state index contributed by atoms with van der Waals surface area (Å²) < 4.78 is 0. The molecule has 0 aromatic carbocycles. The zero-order chi connectivity index (χ0) is 13.2. The number of carbonyl (C=O) groups is 1. The maximum absolute atomic E-state index is 11.5. The van der Waals surface area contributed by atoms with Crippen LogP contribution in [-0.4, -0.2) is 47.2 Å². The molecule has 2 aliphatic carbocycles. The van der Waals surface area contributed by atoms with Crippen LogP contribution in [0.25, 0.3) is 0 Å². The van der Waals surface area contributed by atoms with E-state index in [-0.39, 0.29) is 0 Å². The Bertz CT molecular complexity index is 300. The van der Waals surface area contributed by atoms with Crippen molar-refractivity contribution in [3.8, 4) is 0 Å². The van der Waals surface area contributed by atoms with Crippen LogP contribution in [-0.2, 0) is 4.79 Å². The Balaban J connectivity index is 1.92. The number of nitrogens with one attached hydrogen (secondary N) is 1. The Hall–Kier alpha value is -0.610. The van der Waals surface area contributed by atoms with Crippen molar-refractivity contribution in [2.75, 3.05) is 19.6 Å². The third kappa shape index (κ3) is 3.95. The van der Waals surface area contributed by atoms with Gasteiger partial charge in [-0.1, -0.05) is 6.92 Å². The van der Waals surface area contributed by atoms with Gasteiger partial charge in [-0.2, -0.15) is 0 Å². The van der Waals surface area contributed by atoms with Crippen LogP contribution in [0.5, 0.6) is 0 Å². The summed E-state index contributed by atoms with van der Waals surface area (Å²) in [5, 5.41) is 12.8. The predicted octanol–water partition coefficient (Wildman–Crippen LogP) is 1.70. The van der Waals surface area contributed by atoms with Crippen molar-refractivity contribution in [2.45, 2.75) is 57.5 Å². The Morgan fingerprint density at radius 2 is 2.06 bits per heavy atom. The number of aliphatic carboxylic acids is 1. The molecule has 2 aliphatic rings. The first kappa shape index (κ1) is 13.8. The highest BCUT2D eigenvalue weighted by Gasteiger charge is 2.40. The Morgan fingerprint density at radius 1 is 1.39 bits per heavy atom. The summed E-state index contributed by atoms with van der Waals surface area (Å²) in [6.07, 6.45) is 5.98. The van der Waals surface area contributed by atoms with Gasteiger partial charge >= 0.3 is 5.97 Å². The van der Waals surface area contributed by atoms with Crippen LogP contribution in [0.2, 0.25) is 0 Å². The molecule has 0 bridgehead atoms. The molecular weight excluding hydrogens is 228 g/mol. The summed E-state index contributed by atoms with van der Waals surface area (Å²) in [7, 11) is 0. The number of hydrogen-bond donors (Lipinski definition) is 2. The van der Waals surface area contributed by atoms with Gasteiger partial charge in [-0.05, 0) is 51.5 Å². The minimum absolute atomic E-state index is 0.426. The monoisotopic (exact) mass is 254 g/mol. The van der Waals surface area contributed by atoms with E-state index in [0.29, 0.717) is 12.6 Å². The molecule has 0 saturated heterocycles. The van der Waals surface area contributed by atoms with Crippen LogP contribution in [0.4, 0.5) is 0 Å². The van der Waals surface area contributed by atoms with Crippen molar-refractivity contribution in [2.24, 2.45) is 5.92 Å². The fraction of sp³-hybridized carbons (Fsp3) is 0.929. The van der Waals surface area contributed by atoms with Gasteiger partial charge in [0.2, 0.25) is 0 Å². The van der Waals surface area contributed by atoms with Crippen molar-refractivity contribution in [1.29, 1.82) is 0 Å². The number of carboxylic acids is 1. The molecule has 104 valence electrons. The van der Waals surface area contributed by atoms with Crippen molar-refractivity contribution in [1.82, 2.24) is 10.2 Å².